The van der Waals surface area contributed by atoms with Crippen LogP contribution in [-0.2, 0) is 0 Å². The SMILES string of the molecule is COc1cccc(SCCCC(C)(CO)NC(C)C)c1. The van der Waals surface area contributed by atoms with E-state index >= 15 is 0 Å². The van der Waals surface area contributed by atoms with Gasteiger partial charge in [0.1, 0.15) is 5.75 Å². The van der Waals surface area contributed by atoms with E-state index in [1.165, 1.54) is 4.90 Å². The van der Waals surface area contributed by atoms with E-state index < -0.39 is 0 Å². The molecule has 3 nitrogen and oxygen atoms in total. The van der Waals surface area contributed by atoms with Crippen LogP contribution in [0.3, 0.4) is 0 Å². The number of thioether (sulfide) groups is 1. The number of nitrogens with one attached hydrogen (secondary N) is 1. The molecule has 1 aromatic carbocycles. The fourth-order valence-electron chi connectivity index (χ4n) is 2.24. The maximum Gasteiger partial charge on any atom is 0.119 e. The molecular formula is C16H27NO2S. The van der Waals surface area contributed by atoms with Gasteiger partial charge in [-0.3, -0.25) is 0 Å². The van der Waals surface area contributed by atoms with Gasteiger partial charge in [0.2, 0.25) is 0 Å². The highest BCUT2D eigenvalue weighted by atomic mass is 32.2. The molecular weight excluding hydrogens is 270 g/mol. The first-order valence-electron chi connectivity index (χ1n) is 7.14. The van der Waals surface area contributed by atoms with E-state index in [1.807, 2.05) is 23.9 Å². The van der Waals surface area contributed by atoms with Gasteiger partial charge in [0, 0.05) is 16.5 Å². The molecule has 114 valence electrons. The minimum absolute atomic E-state index is 0.176. The normalized spacial score (nSPS) is 14.3. The molecule has 4 heteroatoms. The standard InChI is InChI=1S/C16H27NO2S/c1-13(2)17-16(3,12-18)9-6-10-20-15-8-5-7-14(11-15)19-4/h5,7-8,11,13,17-18H,6,9-10,12H2,1-4H3. The molecule has 0 radical (unpaired) electrons. The number of benzene rings is 1. The Hall–Kier alpha value is -0.710. The monoisotopic (exact) mass is 297 g/mol. The van der Waals surface area contributed by atoms with Crippen LogP contribution < -0.4 is 10.1 Å². The van der Waals surface area contributed by atoms with E-state index in [4.69, 9.17) is 4.74 Å². The maximum atomic E-state index is 9.53. The van der Waals surface area contributed by atoms with Crippen LogP contribution in [0.15, 0.2) is 29.2 Å². The zero-order valence-corrected chi connectivity index (χ0v) is 13.8. The molecule has 1 atom stereocenters. The van der Waals surface area contributed by atoms with Gasteiger partial charge in [-0.2, -0.15) is 0 Å². The summed E-state index contributed by atoms with van der Waals surface area (Å²) in [6.45, 7) is 6.48. The molecule has 20 heavy (non-hydrogen) atoms. The molecule has 0 amide bonds. The number of aliphatic hydroxyl groups is 1. The molecule has 2 N–H and O–H groups in total. The summed E-state index contributed by atoms with van der Waals surface area (Å²) in [6.07, 6.45) is 2.04. The number of hydrogen-bond acceptors (Lipinski definition) is 4. The van der Waals surface area contributed by atoms with E-state index in [9.17, 15) is 5.11 Å². The molecule has 0 aromatic heterocycles. The van der Waals surface area contributed by atoms with Gasteiger partial charge in [-0.15, -0.1) is 11.8 Å². The highest BCUT2D eigenvalue weighted by Crippen LogP contribution is 2.25. The summed E-state index contributed by atoms with van der Waals surface area (Å²) in [7, 11) is 1.69. The lowest BCUT2D eigenvalue weighted by Crippen LogP contribution is -2.49. The fraction of sp³-hybridized carbons (Fsp3) is 0.625. The van der Waals surface area contributed by atoms with Crippen molar-refractivity contribution in [3.8, 4) is 5.75 Å². The largest absolute Gasteiger partial charge is 0.497 e. The van der Waals surface area contributed by atoms with Crippen molar-refractivity contribution in [1.82, 2.24) is 5.32 Å². The van der Waals surface area contributed by atoms with Crippen LogP contribution in [0.25, 0.3) is 0 Å². The third-order valence-electron chi connectivity index (χ3n) is 3.17. The zero-order valence-electron chi connectivity index (χ0n) is 13.0. The first kappa shape index (κ1) is 17.3. The quantitative estimate of drug-likeness (QED) is 0.542. The van der Waals surface area contributed by atoms with Crippen LogP contribution in [0, 0.1) is 0 Å². The highest BCUT2D eigenvalue weighted by molar-refractivity contribution is 7.99. The van der Waals surface area contributed by atoms with Gasteiger partial charge in [-0.25, -0.2) is 0 Å². The fourth-order valence-corrected chi connectivity index (χ4v) is 3.14. The lowest BCUT2D eigenvalue weighted by Gasteiger charge is -2.31. The van der Waals surface area contributed by atoms with Gasteiger partial charge in [-0.05, 0) is 43.7 Å². The number of ether oxygens (including phenoxy) is 1. The van der Waals surface area contributed by atoms with Gasteiger partial charge in [0.15, 0.2) is 0 Å². The Bertz CT molecular complexity index is 398. The third kappa shape index (κ3) is 6.16. The molecule has 0 aliphatic carbocycles. The Kier molecular flexibility index (Phi) is 7.41. The summed E-state index contributed by atoms with van der Waals surface area (Å²) in [6, 6.07) is 8.52. The molecule has 0 aliphatic rings. The minimum Gasteiger partial charge on any atom is -0.497 e. The Balaban J connectivity index is 2.36. The minimum atomic E-state index is -0.177. The van der Waals surface area contributed by atoms with Crippen molar-refractivity contribution in [3.63, 3.8) is 0 Å². The molecule has 0 saturated heterocycles. The summed E-state index contributed by atoms with van der Waals surface area (Å²) in [5.74, 6) is 1.94. The molecule has 0 saturated carbocycles. The smallest absolute Gasteiger partial charge is 0.119 e. The van der Waals surface area contributed by atoms with Gasteiger partial charge >= 0.3 is 0 Å². The van der Waals surface area contributed by atoms with Crippen molar-refractivity contribution >= 4 is 11.8 Å². The first-order chi connectivity index (χ1) is 9.49. The van der Waals surface area contributed by atoms with Crippen LogP contribution in [-0.4, -0.2) is 36.2 Å². The first-order valence-corrected chi connectivity index (χ1v) is 8.13. The third-order valence-corrected chi connectivity index (χ3v) is 4.25. The highest BCUT2D eigenvalue weighted by Gasteiger charge is 2.22. The van der Waals surface area contributed by atoms with E-state index in [1.54, 1.807) is 7.11 Å². The molecule has 0 heterocycles. The number of rotatable bonds is 9. The second kappa shape index (κ2) is 8.55. The van der Waals surface area contributed by atoms with E-state index in [2.05, 4.69) is 38.2 Å². The van der Waals surface area contributed by atoms with Crippen LogP contribution >= 0.6 is 11.8 Å². The summed E-state index contributed by atoms with van der Waals surface area (Å²) in [5.41, 5.74) is -0.177. The van der Waals surface area contributed by atoms with Crippen LogP contribution in [0.5, 0.6) is 5.75 Å². The summed E-state index contributed by atoms with van der Waals surface area (Å²) in [5, 5.41) is 13.0. The Morgan fingerprint density at radius 2 is 2.15 bits per heavy atom. The molecule has 0 bridgehead atoms. The second-order valence-corrected chi connectivity index (χ2v) is 6.82. The Morgan fingerprint density at radius 3 is 2.75 bits per heavy atom. The van der Waals surface area contributed by atoms with Crippen molar-refractivity contribution < 1.29 is 9.84 Å². The number of hydrogen-bond donors (Lipinski definition) is 2. The summed E-state index contributed by atoms with van der Waals surface area (Å²) < 4.78 is 5.22. The lowest BCUT2D eigenvalue weighted by atomic mass is 9.96. The van der Waals surface area contributed by atoms with Gasteiger partial charge in [-0.1, -0.05) is 19.9 Å². The number of methoxy groups -OCH3 is 1. The average molecular weight is 297 g/mol. The van der Waals surface area contributed by atoms with Gasteiger partial charge in [0.05, 0.1) is 13.7 Å². The van der Waals surface area contributed by atoms with Crippen LogP contribution in [0.2, 0.25) is 0 Å². The van der Waals surface area contributed by atoms with Crippen molar-refractivity contribution in [2.24, 2.45) is 0 Å². The zero-order chi connectivity index (χ0) is 15.0. The van der Waals surface area contributed by atoms with Gasteiger partial charge in [0.25, 0.3) is 0 Å². The predicted molar refractivity (Wildman–Crippen MR) is 86.7 cm³/mol. The van der Waals surface area contributed by atoms with E-state index in [0.717, 1.165) is 24.3 Å². The van der Waals surface area contributed by atoms with Crippen molar-refractivity contribution in [2.45, 2.75) is 50.1 Å². The van der Waals surface area contributed by atoms with E-state index in [0.29, 0.717) is 6.04 Å². The van der Waals surface area contributed by atoms with E-state index in [-0.39, 0.29) is 12.1 Å². The van der Waals surface area contributed by atoms with Crippen LogP contribution in [0.1, 0.15) is 33.6 Å². The Morgan fingerprint density at radius 1 is 1.40 bits per heavy atom. The van der Waals surface area contributed by atoms with Gasteiger partial charge < -0.3 is 15.2 Å². The maximum absolute atomic E-state index is 9.53. The lowest BCUT2D eigenvalue weighted by molar-refractivity contribution is 0.156. The van der Waals surface area contributed by atoms with Crippen molar-refractivity contribution in [1.29, 1.82) is 0 Å². The molecule has 0 spiro atoms. The molecule has 1 unspecified atom stereocenters. The van der Waals surface area contributed by atoms with Crippen molar-refractivity contribution in [3.05, 3.63) is 24.3 Å². The molecule has 0 fully saturated rings. The second-order valence-electron chi connectivity index (χ2n) is 5.65. The molecule has 1 rings (SSSR count). The molecule has 1 aromatic rings. The average Bonchev–Trinajstić information content (AvgIpc) is 2.43. The Labute approximate surface area is 127 Å². The molecule has 0 aliphatic heterocycles. The predicted octanol–water partition coefficient (Wildman–Crippen LogP) is 3.32. The van der Waals surface area contributed by atoms with Crippen LogP contribution in [0.4, 0.5) is 0 Å². The topological polar surface area (TPSA) is 41.5 Å². The summed E-state index contributed by atoms with van der Waals surface area (Å²) >= 11 is 1.83. The summed E-state index contributed by atoms with van der Waals surface area (Å²) in [4.78, 5) is 1.23. The van der Waals surface area contributed by atoms with Crippen molar-refractivity contribution in [2.75, 3.05) is 19.5 Å². The number of aliphatic hydroxyl groups excluding tert-OH is 1.